The van der Waals surface area contributed by atoms with Gasteiger partial charge in [0.15, 0.2) is 0 Å². The molecular weight excluding hydrogens is 470 g/mol. The number of hydrogen-bond donors (Lipinski definition) is 1. The van der Waals surface area contributed by atoms with Crippen LogP contribution in [0.2, 0.25) is 0 Å². The maximum atomic E-state index is 13.8. The second-order valence-electron chi connectivity index (χ2n) is 8.76. The molecule has 1 aliphatic rings. The second-order valence-corrected chi connectivity index (χ2v) is 8.76. The first-order valence-corrected chi connectivity index (χ1v) is 12.1. The number of carboxylic acids is 1. The lowest BCUT2D eigenvalue weighted by Crippen LogP contribution is -2.29. The molecule has 1 heterocycles. The monoisotopic (exact) mass is 495 g/mol. The molecule has 2 amide bonds. The Hall–Kier alpha value is -4.65. The number of aliphatic carboxylic acids is 1. The van der Waals surface area contributed by atoms with Crippen molar-refractivity contribution in [2.45, 2.75) is 26.4 Å². The molecule has 0 fully saturated rings. The Morgan fingerprint density at radius 1 is 0.757 bits per heavy atom. The van der Waals surface area contributed by atoms with Gasteiger partial charge in [-0.2, -0.15) is 0 Å². The molecule has 0 saturated heterocycles. The van der Waals surface area contributed by atoms with Crippen LogP contribution in [0, 0.1) is 0 Å². The van der Waals surface area contributed by atoms with Crippen LogP contribution in [0.5, 0.6) is 11.5 Å². The van der Waals surface area contributed by atoms with Gasteiger partial charge in [0.05, 0.1) is 29.8 Å². The van der Waals surface area contributed by atoms with E-state index in [0.29, 0.717) is 40.1 Å². The highest BCUT2D eigenvalue weighted by atomic mass is 16.5. The maximum absolute atomic E-state index is 13.8. The van der Waals surface area contributed by atoms with Crippen LogP contribution in [-0.2, 0) is 17.8 Å². The molecule has 5 rings (SSSR count). The zero-order valence-electron chi connectivity index (χ0n) is 20.3. The van der Waals surface area contributed by atoms with Crippen molar-refractivity contribution in [2.24, 2.45) is 0 Å². The fraction of sp³-hybridized carbons (Fsp3) is 0.167. The Kier molecular flexibility index (Phi) is 6.60. The minimum Gasteiger partial charge on any atom is -0.492 e. The van der Waals surface area contributed by atoms with Gasteiger partial charge in [-0.05, 0) is 29.7 Å². The molecule has 0 aromatic heterocycles. The average molecular weight is 496 g/mol. The van der Waals surface area contributed by atoms with E-state index >= 15 is 0 Å². The van der Waals surface area contributed by atoms with Gasteiger partial charge >= 0.3 is 5.97 Å². The molecule has 186 valence electrons. The number of nitrogens with zero attached hydrogens (tertiary/aromatic N) is 1. The quantitative estimate of drug-likeness (QED) is 0.302. The van der Waals surface area contributed by atoms with Gasteiger partial charge in [0.2, 0.25) is 0 Å². The van der Waals surface area contributed by atoms with Crippen LogP contribution in [0.1, 0.15) is 45.2 Å². The standard InChI is InChI=1S/C30H25NO6/c1-2-16-36-27-22-10-6-7-11-23(22)28(37-18-20-8-4-3-5-9-20)26-25(27)29(34)31(30(26)35)21-14-12-19(13-15-21)17-24(32)33/h3-15H,2,16-18H2,1H3,(H,32,33). The van der Waals surface area contributed by atoms with E-state index in [1.54, 1.807) is 24.3 Å². The van der Waals surface area contributed by atoms with Crippen molar-refractivity contribution in [3.8, 4) is 11.5 Å². The smallest absolute Gasteiger partial charge is 0.307 e. The molecule has 0 aliphatic carbocycles. The lowest BCUT2D eigenvalue weighted by atomic mass is 9.99. The number of anilines is 1. The van der Waals surface area contributed by atoms with Crippen molar-refractivity contribution in [3.63, 3.8) is 0 Å². The van der Waals surface area contributed by atoms with Gasteiger partial charge in [-0.3, -0.25) is 14.4 Å². The fourth-order valence-electron chi connectivity index (χ4n) is 4.51. The third-order valence-electron chi connectivity index (χ3n) is 6.18. The highest BCUT2D eigenvalue weighted by Gasteiger charge is 2.43. The van der Waals surface area contributed by atoms with E-state index in [4.69, 9.17) is 14.6 Å². The highest BCUT2D eigenvalue weighted by Crippen LogP contribution is 2.46. The molecule has 4 aromatic carbocycles. The zero-order chi connectivity index (χ0) is 25.9. The summed E-state index contributed by atoms with van der Waals surface area (Å²) >= 11 is 0. The van der Waals surface area contributed by atoms with Gasteiger partial charge in [-0.1, -0.05) is 73.7 Å². The van der Waals surface area contributed by atoms with E-state index in [-0.39, 0.29) is 24.2 Å². The number of carbonyl (C=O) groups excluding carboxylic acids is 2. The molecule has 0 unspecified atom stereocenters. The van der Waals surface area contributed by atoms with Crippen molar-refractivity contribution in [1.29, 1.82) is 0 Å². The van der Waals surface area contributed by atoms with E-state index < -0.39 is 17.8 Å². The summed E-state index contributed by atoms with van der Waals surface area (Å²) in [4.78, 5) is 39.8. The molecular formula is C30H25NO6. The molecule has 7 nitrogen and oxygen atoms in total. The minimum absolute atomic E-state index is 0.153. The van der Waals surface area contributed by atoms with Gasteiger partial charge in [0.25, 0.3) is 11.8 Å². The first-order valence-electron chi connectivity index (χ1n) is 12.1. The molecule has 0 atom stereocenters. The summed E-state index contributed by atoms with van der Waals surface area (Å²) in [6, 6.07) is 23.4. The molecule has 37 heavy (non-hydrogen) atoms. The fourth-order valence-corrected chi connectivity index (χ4v) is 4.51. The third-order valence-corrected chi connectivity index (χ3v) is 6.18. The normalized spacial score (nSPS) is 12.6. The van der Waals surface area contributed by atoms with Crippen molar-refractivity contribution in [1.82, 2.24) is 0 Å². The number of carbonyl (C=O) groups is 3. The van der Waals surface area contributed by atoms with Gasteiger partial charge in [-0.25, -0.2) is 4.90 Å². The van der Waals surface area contributed by atoms with Crippen LogP contribution in [0.4, 0.5) is 5.69 Å². The van der Waals surface area contributed by atoms with Crippen LogP contribution in [-0.4, -0.2) is 29.5 Å². The van der Waals surface area contributed by atoms with E-state index in [1.165, 1.54) is 0 Å². The first kappa shape index (κ1) is 24.1. The lowest BCUT2D eigenvalue weighted by Gasteiger charge is -2.17. The number of benzene rings is 4. The SMILES string of the molecule is CCCOc1c2c(c(OCc3ccccc3)c3ccccc13)C(=O)N(c1ccc(CC(=O)O)cc1)C2=O. The summed E-state index contributed by atoms with van der Waals surface area (Å²) in [5.41, 5.74) is 2.18. The number of carboxylic acid groups (broad SMARTS) is 1. The van der Waals surface area contributed by atoms with E-state index in [2.05, 4.69) is 0 Å². The Balaban J connectivity index is 1.65. The van der Waals surface area contributed by atoms with Crippen LogP contribution in [0.3, 0.4) is 0 Å². The van der Waals surface area contributed by atoms with Crippen LogP contribution < -0.4 is 14.4 Å². The Morgan fingerprint density at radius 3 is 1.89 bits per heavy atom. The molecule has 1 aliphatic heterocycles. The van der Waals surface area contributed by atoms with E-state index in [0.717, 1.165) is 16.9 Å². The summed E-state index contributed by atoms with van der Waals surface area (Å²) in [5, 5.41) is 10.4. The largest absolute Gasteiger partial charge is 0.492 e. The number of imide groups is 1. The topological polar surface area (TPSA) is 93.1 Å². The van der Waals surface area contributed by atoms with Gasteiger partial charge in [0, 0.05) is 10.8 Å². The first-order chi connectivity index (χ1) is 18.0. The van der Waals surface area contributed by atoms with Crippen molar-refractivity contribution >= 4 is 34.2 Å². The average Bonchev–Trinajstić information content (AvgIpc) is 3.17. The number of rotatable bonds is 9. The summed E-state index contributed by atoms with van der Waals surface area (Å²) in [5.74, 6) is -1.28. The van der Waals surface area contributed by atoms with E-state index in [1.807, 2.05) is 61.5 Å². The van der Waals surface area contributed by atoms with E-state index in [9.17, 15) is 14.4 Å². The molecule has 0 bridgehead atoms. The predicted molar refractivity (Wildman–Crippen MR) is 139 cm³/mol. The summed E-state index contributed by atoms with van der Waals surface area (Å²) in [7, 11) is 0. The lowest BCUT2D eigenvalue weighted by molar-refractivity contribution is -0.136. The molecule has 0 spiro atoms. The summed E-state index contributed by atoms with van der Waals surface area (Å²) < 4.78 is 12.3. The summed E-state index contributed by atoms with van der Waals surface area (Å²) in [6.07, 6.45) is 0.576. The molecule has 7 heteroatoms. The van der Waals surface area contributed by atoms with Gasteiger partial charge in [-0.15, -0.1) is 0 Å². The zero-order valence-corrected chi connectivity index (χ0v) is 20.3. The number of hydrogen-bond acceptors (Lipinski definition) is 5. The molecule has 1 N–H and O–H groups in total. The Morgan fingerprint density at radius 2 is 1.32 bits per heavy atom. The molecule has 0 radical (unpaired) electrons. The van der Waals surface area contributed by atoms with Crippen molar-refractivity contribution < 1.29 is 29.0 Å². The van der Waals surface area contributed by atoms with Crippen LogP contribution >= 0.6 is 0 Å². The highest BCUT2D eigenvalue weighted by molar-refractivity contribution is 6.38. The summed E-state index contributed by atoms with van der Waals surface area (Å²) in [6.45, 7) is 2.57. The maximum Gasteiger partial charge on any atom is 0.307 e. The van der Waals surface area contributed by atoms with Crippen molar-refractivity contribution in [2.75, 3.05) is 11.5 Å². The van der Waals surface area contributed by atoms with Gasteiger partial charge < -0.3 is 14.6 Å². The van der Waals surface area contributed by atoms with Crippen molar-refractivity contribution in [3.05, 3.63) is 101 Å². The number of fused-ring (bicyclic) bond motifs is 2. The number of ether oxygens (including phenoxy) is 2. The minimum atomic E-state index is -0.960. The van der Waals surface area contributed by atoms with Crippen LogP contribution in [0.25, 0.3) is 10.8 Å². The molecule has 4 aromatic rings. The predicted octanol–water partition coefficient (Wildman–Crippen LogP) is 5.64. The Labute approximate surface area is 213 Å². The molecule has 0 saturated carbocycles. The van der Waals surface area contributed by atoms with Crippen LogP contribution in [0.15, 0.2) is 78.9 Å². The number of amides is 2. The third kappa shape index (κ3) is 4.51. The second kappa shape index (κ2) is 10.1. The Bertz CT molecular complexity index is 1490. The van der Waals surface area contributed by atoms with Gasteiger partial charge in [0.1, 0.15) is 18.1 Å².